The first-order valence-corrected chi connectivity index (χ1v) is 10.7. The summed E-state index contributed by atoms with van der Waals surface area (Å²) in [5.41, 5.74) is -1.01. The highest BCUT2D eigenvalue weighted by Crippen LogP contribution is 2.28. The van der Waals surface area contributed by atoms with Crippen LogP contribution < -0.4 is 4.72 Å². The Hall–Kier alpha value is -4.17. The maximum Gasteiger partial charge on any atom is 0.238 e. The second-order valence-electron chi connectivity index (χ2n) is 6.73. The third-order valence-corrected chi connectivity index (χ3v) is 5.76. The molecule has 0 bridgehead atoms. The van der Waals surface area contributed by atoms with Crippen LogP contribution in [-0.4, -0.2) is 29.2 Å². The van der Waals surface area contributed by atoms with E-state index in [1.165, 1.54) is 30.7 Å². The summed E-state index contributed by atoms with van der Waals surface area (Å²) in [6.07, 6.45) is 3.91. The number of pyridine rings is 2. The molecule has 160 valence electrons. The van der Waals surface area contributed by atoms with E-state index in [0.717, 1.165) is 12.1 Å². The number of hydrogen-bond acceptors (Lipinski definition) is 6. The largest absolute Gasteiger partial charge is 0.345 e. The fourth-order valence-corrected chi connectivity index (χ4v) is 4.23. The first-order chi connectivity index (χ1) is 15.3. The summed E-state index contributed by atoms with van der Waals surface area (Å²) >= 11 is 0. The summed E-state index contributed by atoms with van der Waals surface area (Å²) in [5.74, 6) is -4.11. The molecule has 32 heavy (non-hydrogen) atoms. The summed E-state index contributed by atoms with van der Waals surface area (Å²) in [5, 5.41) is 9.25. The van der Waals surface area contributed by atoms with Gasteiger partial charge < -0.3 is 4.98 Å². The number of nitriles is 1. The molecular weight excluding hydrogens is 440 g/mol. The summed E-state index contributed by atoms with van der Waals surface area (Å²) in [6.45, 7) is 0. The van der Waals surface area contributed by atoms with Crippen LogP contribution in [0, 0.1) is 23.0 Å². The first kappa shape index (κ1) is 21.1. The minimum atomic E-state index is -4.10. The number of benzene rings is 1. The number of nitrogens with zero attached hydrogens (tertiary/aromatic N) is 3. The summed E-state index contributed by atoms with van der Waals surface area (Å²) < 4.78 is 56.5. The van der Waals surface area contributed by atoms with E-state index in [-0.39, 0.29) is 27.9 Å². The van der Waals surface area contributed by atoms with E-state index in [1.54, 1.807) is 12.1 Å². The van der Waals surface area contributed by atoms with Gasteiger partial charge in [0.1, 0.15) is 23.3 Å². The molecule has 0 saturated carbocycles. The Morgan fingerprint density at radius 2 is 2.00 bits per heavy atom. The van der Waals surface area contributed by atoms with Gasteiger partial charge in [0.2, 0.25) is 15.8 Å². The van der Waals surface area contributed by atoms with Gasteiger partial charge in [-0.1, -0.05) is 6.07 Å². The smallest absolute Gasteiger partial charge is 0.238 e. The summed E-state index contributed by atoms with van der Waals surface area (Å²) in [4.78, 5) is 23.6. The van der Waals surface area contributed by atoms with Gasteiger partial charge in [0, 0.05) is 29.5 Å². The Labute approximate surface area is 180 Å². The normalized spacial score (nSPS) is 11.3. The summed E-state index contributed by atoms with van der Waals surface area (Å²) in [6, 6.07) is 9.61. The minimum Gasteiger partial charge on any atom is -0.345 e. The zero-order valence-electron chi connectivity index (χ0n) is 16.1. The van der Waals surface area contributed by atoms with E-state index in [9.17, 15) is 17.6 Å². The number of anilines is 1. The molecule has 3 heterocycles. The standard InChI is InChI=1S/C21H13F2N5O3S/c22-16-4-5-17(28-32(30,31)11-13-3-1-2-6-25-13)19(23)18(16)20(29)15-10-27-21-14(15)7-12(8-24)9-26-21/h1-7,9-10,28H,11H2,(H,26,27). The van der Waals surface area contributed by atoms with Gasteiger partial charge in [0.05, 0.1) is 22.5 Å². The van der Waals surface area contributed by atoms with Gasteiger partial charge in [-0.25, -0.2) is 22.2 Å². The minimum absolute atomic E-state index is 0.115. The molecule has 0 aliphatic rings. The number of carbonyl (C=O) groups is 1. The maximum absolute atomic E-state index is 15.1. The third-order valence-electron chi connectivity index (χ3n) is 4.55. The van der Waals surface area contributed by atoms with Crippen molar-refractivity contribution in [1.82, 2.24) is 15.0 Å². The number of H-pyrrole nitrogens is 1. The van der Waals surface area contributed by atoms with Crippen molar-refractivity contribution in [3.05, 3.63) is 89.0 Å². The lowest BCUT2D eigenvalue weighted by Gasteiger charge is -2.11. The second-order valence-corrected chi connectivity index (χ2v) is 8.45. The number of fused-ring (bicyclic) bond motifs is 1. The Balaban J connectivity index is 1.71. The van der Waals surface area contributed by atoms with Gasteiger partial charge in [-0.3, -0.25) is 14.5 Å². The number of rotatable bonds is 6. The van der Waals surface area contributed by atoms with Gasteiger partial charge in [0.25, 0.3) is 0 Å². The summed E-state index contributed by atoms with van der Waals surface area (Å²) in [7, 11) is -4.10. The molecule has 4 rings (SSSR count). The van der Waals surface area contributed by atoms with Crippen molar-refractivity contribution in [3.8, 4) is 6.07 Å². The Morgan fingerprint density at radius 3 is 2.72 bits per heavy atom. The molecule has 0 radical (unpaired) electrons. The number of aromatic amines is 1. The zero-order valence-corrected chi connectivity index (χ0v) is 17.0. The van der Waals surface area contributed by atoms with Crippen LogP contribution in [0.25, 0.3) is 11.0 Å². The van der Waals surface area contributed by atoms with Crippen LogP contribution in [0.3, 0.4) is 0 Å². The second kappa shape index (κ2) is 8.16. The zero-order chi connectivity index (χ0) is 22.9. The Morgan fingerprint density at radius 1 is 1.19 bits per heavy atom. The van der Waals surface area contributed by atoms with Gasteiger partial charge in [0.15, 0.2) is 5.82 Å². The number of halogens is 2. The molecule has 4 aromatic rings. The van der Waals surface area contributed by atoms with Crippen molar-refractivity contribution < 1.29 is 22.0 Å². The first-order valence-electron chi connectivity index (χ1n) is 9.09. The van der Waals surface area contributed by atoms with E-state index in [0.29, 0.717) is 0 Å². The van der Waals surface area contributed by atoms with E-state index >= 15 is 4.39 Å². The lowest BCUT2D eigenvalue weighted by Crippen LogP contribution is -2.18. The van der Waals surface area contributed by atoms with E-state index in [1.807, 2.05) is 10.8 Å². The molecule has 3 aromatic heterocycles. The van der Waals surface area contributed by atoms with E-state index in [4.69, 9.17) is 5.26 Å². The Bertz CT molecular complexity index is 1500. The average molecular weight is 453 g/mol. The molecule has 0 unspecified atom stereocenters. The van der Waals surface area contributed by atoms with Crippen molar-refractivity contribution in [2.45, 2.75) is 5.75 Å². The third kappa shape index (κ3) is 4.03. The van der Waals surface area contributed by atoms with Crippen molar-refractivity contribution in [2.75, 3.05) is 4.72 Å². The van der Waals surface area contributed by atoms with Crippen LogP contribution >= 0.6 is 0 Å². The van der Waals surface area contributed by atoms with Crippen molar-refractivity contribution in [2.24, 2.45) is 0 Å². The lowest BCUT2D eigenvalue weighted by atomic mass is 10.0. The van der Waals surface area contributed by atoms with Crippen molar-refractivity contribution in [1.29, 1.82) is 5.26 Å². The molecule has 0 saturated heterocycles. The van der Waals surface area contributed by atoms with Crippen molar-refractivity contribution in [3.63, 3.8) is 0 Å². The number of nitrogens with one attached hydrogen (secondary N) is 2. The lowest BCUT2D eigenvalue weighted by molar-refractivity contribution is 0.103. The highest BCUT2D eigenvalue weighted by molar-refractivity contribution is 7.91. The van der Waals surface area contributed by atoms with Gasteiger partial charge in [-0.2, -0.15) is 5.26 Å². The molecule has 0 fully saturated rings. The maximum atomic E-state index is 15.1. The number of carbonyl (C=O) groups excluding carboxylic acids is 1. The number of aromatic nitrogens is 3. The SMILES string of the molecule is N#Cc1cnc2[nH]cc(C(=O)c3c(F)ccc(NS(=O)(=O)Cc4ccccn4)c3F)c2c1. The van der Waals surface area contributed by atoms with Crippen molar-refractivity contribution >= 4 is 32.5 Å². The van der Waals surface area contributed by atoms with Crippen LogP contribution in [0.2, 0.25) is 0 Å². The molecule has 0 amide bonds. The van der Waals surface area contributed by atoms with E-state index < -0.39 is 44.4 Å². The van der Waals surface area contributed by atoms with E-state index in [2.05, 4.69) is 15.0 Å². The molecule has 0 aliphatic carbocycles. The molecule has 0 aliphatic heterocycles. The fourth-order valence-electron chi connectivity index (χ4n) is 3.11. The highest BCUT2D eigenvalue weighted by atomic mass is 32.2. The molecule has 11 heteroatoms. The molecule has 1 aromatic carbocycles. The Kier molecular flexibility index (Phi) is 5.38. The van der Waals surface area contributed by atoms with Crippen LogP contribution in [0.5, 0.6) is 0 Å². The van der Waals surface area contributed by atoms with Crippen LogP contribution in [0.1, 0.15) is 27.2 Å². The van der Waals surface area contributed by atoms with Gasteiger partial charge >= 0.3 is 0 Å². The van der Waals surface area contributed by atoms with Crippen LogP contribution in [0.4, 0.5) is 14.5 Å². The molecule has 8 nitrogen and oxygen atoms in total. The van der Waals surface area contributed by atoms with Crippen LogP contribution in [0.15, 0.2) is 55.0 Å². The molecule has 0 spiro atoms. The topological polar surface area (TPSA) is 129 Å². The average Bonchev–Trinajstić information content (AvgIpc) is 3.19. The van der Waals surface area contributed by atoms with Crippen LogP contribution in [-0.2, 0) is 15.8 Å². The molecular formula is C21H13F2N5O3S. The highest BCUT2D eigenvalue weighted by Gasteiger charge is 2.26. The number of sulfonamides is 1. The van der Waals surface area contributed by atoms with Gasteiger partial charge in [-0.05, 0) is 30.3 Å². The molecule has 0 atom stereocenters. The number of hydrogen-bond donors (Lipinski definition) is 2. The van der Waals surface area contributed by atoms with Gasteiger partial charge in [-0.15, -0.1) is 0 Å². The predicted molar refractivity (Wildman–Crippen MR) is 111 cm³/mol. The quantitative estimate of drug-likeness (QED) is 0.431. The number of ketones is 1. The predicted octanol–water partition coefficient (Wildman–Crippen LogP) is 3.28. The monoisotopic (exact) mass is 453 g/mol. The fraction of sp³-hybridized carbons (Fsp3) is 0.0476. The molecule has 2 N–H and O–H groups in total.